The average Bonchev–Trinajstić information content (AvgIpc) is 2.16. The number of nitrogens with two attached hydrogens (primary N) is 1. The SMILES string of the molecule is COc1ccc(C(N)CC(C)C)c(F)c1. The maximum Gasteiger partial charge on any atom is 0.131 e. The molecule has 15 heavy (non-hydrogen) atoms. The van der Waals surface area contributed by atoms with Crippen molar-refractivity contribution in [3.63, 3.8) is 0 Å². The van der Waals surface area contributed by atoms with E-state index >= 15 is 0 Å². The van der Waals surface area contributed by atoms with Gasteiger partial charge in [0.25, 0.3) is 0 Å². The average molecular weight is 211 g/mol. The Morgan fingerprint density at radius 2 is 2.07 bits per heavy atom. The molecule has 0 aliphatic carbocycles. The summed E-state index contributed by atoms with van der Waals surface area (Å²) in [6.45, 7) is 4.14. The van der Waals surface area contributed by atoms with E-state index in [1.54, 1.807) is 12.1 Å². The fraction of sp³-hybridized carbons (Fsp3) is 0.500. The highest BCUT2D eigenvalue weighted by Gasteiger charge is 2.13. The van der Waals surface area contributed by atoms with E-state index in [0.29, 0.717) is 17.2 Å². The van der Waals surface area contributed by atoms with Crippen molar-refractivity contribution in [1.82, 2.24) is 0 Å². The molecule has 0 aliphatic rings. The van der Waals surface area contributed by atoms with E-state index in [4.69, 9.17) is 10.5 Å². The van der Waals surface area contributed by atoms with Gasteiger partial charge in [0.2, 0.25) is 0 Å². The Morgan fingerprint density at radius 1 is 1.40 bits per heavy atom. The van der Waals surface area contributed by atoms with Crippen LogP contribution in [0.1, 0.15) is 31.9 Å². The van der Waals surface area contributed by atoms with Gasteiger partial charge in [0.05, 0.1) is 7.11 Å². The van der Waals surface area contributed by atoms with E-state index in [0.717, 1.165) is 6.42 Å². The molecule has 84 valence electrons. The standard InChI is InChI=1S/C12H18FNO/c1-8(2)6-12(14)10-5-4-9(15-3)7-11(10)13/h4-5,7-8,12H,6,14H2,1-3H3. The second kappa shape index (κ2) is 5.12. The lowest BCUT2D eigenvalue weighted by Crippen LogP contribution is -2.14. The number of benzene rings is 1. The molecule has 0 fully saturated rings. The van der Waals surface area contributed by atoms with Crippen LogP contribution in [0.15, 0.2) is 18.2 Å². The molecule has 2 nitrogen and oxygen atoms in total. The number of rotatable bonds is 4. The van der Waals surface area contributed by atoms with E-state index in [1.165, 1.54) is 13.2 Å². The summed E-state index contributed by atoms with van der Waals surface area (Å²) < 4.78 is 18.5. The number of hydrogen-bond donors (Lipinski definition) is 1. The molecule has 0 saturated carbocycles. The van der Waals surface area contributed by atoms with Gasteiger partial charge in [-0.15, -0.1) is 0 Å². The minimum Gasteiger partial charge on any atom is -0.497 e. The van der Waals surface area contributed by atoms with Crippen molar-refractivity contribution < 1.29 is 9.13 Å². The Bertz CT molecular complexity index is 325. The zero-order chi connectivity index (χ0) is 11.4. The molecule has 0 bridgehead atoms. The van der Waals surface area contributed by atoms with Crippen molar-refractivity contribution in [1.29, 1.82) is 0 Å². The summed E-state index contributed by atoms with van der Waals surface area (Å²) in [7, 11) is 1.52. The zero-order valence-electron chi connectivity index (χ0n) is 9.46. The molecule has 1 atom stereocenters. The minimum absolute atomic E-state index is 0.240. The Balaban J connectivity index is 2.85. The molecule has 0 saturated heterocycles. The highest BCUT2D eigenvalue weighted by atomic mass is 19.1. The molecule has 1 aromatic rings. The van der Waals surface area contributed by atoms with Crippen LogP contribution in [0.2, 0.25) is 0 Å². The smallest absolute Gasteiger partial charge is 0.131 e. The molecular formula is C12H18FNO. The Hall–Kier alpha value is -1.09. The van der Waals surface area contributed by atoms with E-state index in [9.17, 15) is 4.39 Å². The second-order valence-electron chi connectivity index (χ2n) is 4.12. The van der Waals surface area contributed by atoms with Gasteiger partial charge in [0.15, 0.2) is 0 Å². The summed E-state index contributed by atoms with van der Waals surface area (Å²) in [5, 5.41) is 0. The zero-order valence-corrected chi connectivity index (χ0v) is 9.46. The van der Waals surface area contributed by atoms with Crippen molar-refractivity contribution >= 4 is 0 Å². The van der Waals surface area contributed by atoms with Crippen LogP contribution in [0.25, 0.3) is 0 Å². The van der Waals surface area contributed by atoms with Crippen LogP contribution < -0.4 is 10.5 Å². The lowest BCUT2D eigenvalue weighted by Gasteiger charge is -2.15. The maximum atomic E-state index is 13.6. The molecule has 3 heteroatoms. The van der Waals surface area contributed by atoms with Gasteiger partial charge in [-0.25, -0.2) is 4.39 Å². The predicted octanol–water partition coefficient (Wildman–Crippen LogP) is 2.88. The third-order valence-corrected chi connectivity index (χ3v) is 2.33. The molecule has 2 N–H and O–H groups in total. The molecule has 0 radical (unpaired) electrons. The summed E-state index contributed by atoms with van der Waals surface area (Å²) in [6, 6.07) is 4.56. The first kappa shape index (κ1) is 12.0. The second-order valence-corrected chi connectivity index (χ2v) is 4.12. The van der Waals surface area contributed by atoms with Crippen molar-refractivity contribution in [3.05, 3.63) is 29.6 Å². The van der Waals surface area contributed by atoms with Crippen LogP contribution in [0.5, 0.6) is 5.75 Å². The first-order chi connectivity index (χ1) is 7.04. The molecular weight excluding hydrogens is 193 g/mol. The molecule has 1 rings (SSSR count). The maximum absolute atomic E-state index is 13.6. The Kier molecular flexibility index (Phi) is 4.09. The van der Waals surface area contributed by atoms with E-state index in [-0.39, 0.29) is 11.9 Å². The molecule has 0 heterocycles. The highest BCUT2D eigenvalue weighted by molar-refractivity contribution is 5.30. The lowest BCUT2D eigenvalue weighted by atomic mass is 9.97. The first-order valence-corrected chi connectivity index (χ1v) is 5.13. The predicted molar refractivity (Wildman–Crippen MR) is 59.3 cm³/mol. The summed E-state index contributed by atoms with van der Waals surface area (Å²) in [5.41, 5.74) is 6.47. The van der Waals surface area contributed by atoms with Crippen molar-refractivity contribution in [2.24, 2.45) is 11.7 Å². The van der Waals surface area contributed by atoms with Gasteiger partial charge in [-0.2, -0.15) is 0 Å². The summed E-state index contributed by atoms with van der Waals surface area (Å²) >= 11 is 0. The van der Waals surface area contributed by atoms with Crippen LogP contribution >= 0.6 is 0 Å². The van der Waals surface area contributed by atoms with Gasteiger partial charge in [-0.05, 0) is 18.4 Å². The third-order valence-electron chi connectivity index (χ3n) is 2.33. The van der Waals surface area contributed by atoms with E-state index < -0.39 is 0 Å². The van der Waals surface area contributed by atoms with Gasteiger partial charge in [-0.1, -0.05) is 19.9 Å². The molecule has 1 unspecified atom stereocenters. The highest BCUT2D eigenvalue weighted by Crippen LogP contribution is 2.24. The number of ether oxygens (including phenoxy) is 1. The van der Waals surface area contributed by atoms with Crippen LogP contribution in [0, 0.1) is 11.7 Å². The Morgan fingerprint density at radius 3 is 2.53 bits per heavy atom. The van der Waals surface area contributed by atoms with Crippen LogP contribution in [0.4, 0.5) is 4.39 Å². The summed E-state index contributed by atoms with van der Waals surface area (Å²) in [5.74, 6) is 0.692. The number of methoxy groups -OCH3 is 1. The third kappa shape index (κ3) is 3.20. The normalized spacial score (nSPS) is 12.9. The van der Waals surface area contributed by atoms with Crippen LogP contribution in [0.3, 0.4) is 0 Å². The molecule has 0 amide bonds. The van der Waals surface area contributed by atoms with E-state index in [2.05, 4.69) is 13.8 Å². The largest absolute Gasteiger partial charge is 0.497 e. The van der Waals surface area contributed by atoms with Gasteiger partial charge < -0.3 is 10.5 Å². The summed E-state index contributed by atoms with van der Waals surface area (Å²) in [4.78, 5) is 0. The number of hydrogen-bond acceptors (Lipinski definition) is 2. The molecule has 0 aliphatic heterocycles. The van der Waals surface area contributed by atoms with Gasteiger partial charge in [0, 0.05) is 17.7 Å². The monoisotopic (exact) mass is 211 g/mol. The van der Waals surface area contributed by atoms with Crippen molar-refractivity contribution in [2.75, 3.05) is 7.11 Å². The molecule has 0 spiro atoms. The topological polar surface area (TPSA) is 35.2 Å². The van der Waals surface area contributed by atoms with Crippen molar-refractivity contribution in [3.8, 4) is 5.75 Å². The summed E-state index contributed by atoms with van der Waals surface area (Å²) in [6.07, 6.45) is 0.781. The van der Waals surface area contributed by atoms with Gasteiger partial charge in [0.1, 0.15) is 11.6 Å². The van der Waals surface area contributed by atoms with Gasteiger partial charge in [-0.3, -0.25) is 0 Å². The number of halogens is 1. The fourth-order valence-corrected chi connectivity index (χ4v) is 1.57. The Labute approximate surface area is 90.2 Å². The van der Waals surface area contributed by atoms with E-state index in [1.807, 2.05) is 0 Å². The minimum atomic E-state index is -0.289. The van der Waals surface area contributed by atoms with Crippen LogP contribution in [-0.4, -0.2) is 7.11 Å². The quantitative estimate of drug-likeness (QED) is 0.831. The fourth-order valence-electron chi connectivity index (χ4n) is 1.57. The first-order valence-electron chi connectivity index (χ1n) is 5.13. The molecule has 1 aromatic carbocycles. The molecule has 0 aromatic heterocycles. The van der Waals surface area contributed by atoms with Crippen LogP contribution in [-0.2, 0) is 0 Å². The van der Waals surface area contributed by atoms with Gasteiger partial charge >= 0.3 is 0 Å². The van der Waals surface area contributed by atoms with Crippen molar-refractivity contribution in [2.45, 2.75) is 26.3 Å². The lowest BCUT2D eigenvalue weighted by molar-refractivity contribution is 0.409.